The number of benzene rings is 1. The Bertz CT molecular complexity index is 446. The Labute approximate surface area is 107 Å². The van der Waals surface area contributed by atoms with Crippen molar-refractivity contribution in [3.05, 3.63) is 12.1 Å². The van der Waals surface area contributed by atoms with Crippen LogP contribution in [0.5, 0.6) is 5.75 Å². The van der Waals surface area contributed by atoms with Gasteiger partial charge in [0, 0.05) is 12.6 Å². The summed E-state index contributed by atoms with van der Waals surface area (Å²) < 4.78 is 5.29. The highest BCUT2D eigenvalue weighted by Gasteiger charge is 2.17. The molecule has 0 aliphatic carbocycles. The zero-order valence-corrected chi connectivity index (χ0v) is 10.6. The number of nitrogens with one attached hydrogen (secondary N) is 2. The standard InChI is InChI=1S/C13H19N3O2/c1-2-3-4-5-15-10-7-11-12(6-9(10)14)18-8-13(17)16-11/h6-7,15H,2-5,8,14H2,1H3,(H,16,17). The summed E-state index contributed by atoms with van der Waals surface area (Å²) in [5, 5.41) is 6.05. The van der Waals surface area contributed by atoms with Crippen LogP contribution in [0.25, 0.3) is 0 Å². The molecule has 0 atom stereocenters. The summed E-state index contributed by atoms with van der Waals surface area (Å²) >= 11 is 0. The Balaban J connectivity index is 2.06. The second-order valence-electron chi connectivity index (χ2n) is 4.41. The van der Waals surface area contributed by atoms with Crippen LogP contribution >= 0.6 is 0 Å². The third-order valence-corrected chi connectivity index (χ3v) is 2.88. The molecule has 0 radical (unpaired) electrons. The van der Waals surface area contributed by atoms with Gasteiger partial charge in [0.05, 0.1) is 17.1 Å². The van der Waals surface area contributed by atoms with Gasteiger partial charge < -0.3 is 21.1 Å². The smallest absolute Gasteiger partial charge is 0.262 e. The Morgan fingerprint density at radius 3 is 3.06 bits per heavy atom. The highest BCUT2D eigenvalue weighted by molar-refractivity contribution is 5.97. The van der Waals surface area contributed by atoms with Gasteiger partial charge in [-0.05, 0) is 12.5 Å². The topological polar surface area (TPSA) is 76.4 Å². The average molecular weight is 249 g/mol. The van der Waals surface area contributed by atoms with E-state index in [-0.39, 0.29) is 12.5 Å². The lowest BCUT2D eigenvalue weighted by atomic mass is 10.2. The van der Waals surface area contributed by atoms with Crippen LogP contribution in [0.1, 0.15) is 26.2 Å². The number of nitrogens with two attached hydrogens (primary N) is 1. The van der Waals surface area contributed by atoms with E-state index in [4.69, 9.17) is 10.5 Å². The molecule has 1 heterocycles. The van der Waals surface area contributed by atoms with Crippen LogP contribution < -0.4 is 21.1 Å². The van der Waals surface area contributed by atoms with Crippen molar-refractivity contribution < 1.29 is 9.53 Å². The molecule has 2 rings (SSSR count). The molecule has 0 saturated heterocycles. The third kappa shape index (κ3) is 2.85. The second-order valence-corrected chi connectivity index (χ2v) is 4.41. The van der Waals surface area contributed by atoms with E-state index in [0.29, 0.717) is 17.1 Å². The minimum atomic E-state index is -0.135. The first-order valence-corrected chi connectivity index (χ1v) is 6.30. The molecule has 0 saturated carbocycles. The molecule has 1 amide bonds. The first-order valence-electron chi connectivity index (χ1n) is 6.30. The van der Waals surface area contributed by atoms with Crippen LogP contribution in [0.2, 0.25) is 0 Å². The van der Waals surface area contributed by atoms with Crippen molar-refractivity contribution in [2.45, 2.75) is 26.2 Å². The molecule has 4 N–H and O–H groups in total. The number of ether oxygens (including phenoxy) is 1. The fraction of sp³-hybridized carbons (Fsp3) is 0.462. The molecule has 0 fully saturated rings. The fourth-order valence-electron chi connectivity index (χ4n) is 1.89. The molecule has 5 nitrogen and oxygen atoms in total. The molecule has 98 valence electrons. The van der Waals surface area contributed by atoms with E-state index >= 15 is 0 Å². The van der Waals surface area contributed by atoms with Crippen molar-refractivity contribution in [2.24, 2.45) is 0 Å². The highest BCUT2D eigenvalue weighted by atomic mass is 16.5. The lowest BCUT2D eigenvalue weighted by molar-refractivity contribution is -0.118. The highest BCUT2D eigenvalue weighted by Crippen LogP contribution is 2.35. The Hall–Kier alpha value is -1.91. The van der Waals surface area contributed by atoms with E-state index in [1.165, 1.54) is 12.8 Å². The van der Waals surface area contributed by atoms with E-state index in [0.717, 1.165) is 18.7 Å². The van der Waals surface area contributed by atoms with Gasteiger partial charge in [-0.2, -0.15) is 0 Å². The number of nitrogen functional groups attached to an aromatic ring is 1. The first-order chi connectivity index (χ1) is 8.70. The van der Waals surface area contributed by atoms with Crippen molar-refractivity contribution >= 4 is 23.0 Å². The molecule has 0 bridgehead atoms. The lowest BCUT2D eigenvalue weighted by Gasteiger charge is -2.20. The number of anilines is 3. The van der Waals surface area contributed by atoms with Crippen molar-refractivity contribution in [1.82, 2.24) is 0 Å². The van der Waals surface area contributed by atoms with Gasteiger partial charge in [0.1, 0.15) is 5.75 Å². The van der Waals surface area contributed by atoms with Crippen LogP contribution in [0.3, 0.4) is 0 Å². The quantitative estimate of drug-likeness (QED) is 0.552. The van der Waals surface area contributed by atoms with Crippen LogP contribution in [0.4, 0.5) is 17.1 Å². The van der Waals surface area contributed by atoms with Crippen molar-refractivity contribution in [3.8, 4) is 5.75 Å². The molecule has 0 aromatic heterocycles. The number of fused-ring (bicyclic) bond motifs is 1. The maximum Gasteiger partial charge on any atom is 0.262 e. The van der Waals surface area contributed by atoms with E-state index < -0.39 is 0 Å². The lowest BCUT2D eigenvalue weighted by Crippen LogP contribution is -2.25. The Morgan fingerprint density at radius 2 is 2.28 bits per heavy atom. The monoisotopic (exact) mass is 249 g/mol. The zero-order valence-electron chi connectivity index (χ0n) is 10.6. The summed E-state index contributed by atoms with van der Waals surface area (Å²) in [4.78, 5) is 11.2. The molecule has 1 aliphatic rings. The number of unbranched alkanes of at least 4 members (excludes halogenated alkanes) is 2. The molecule has 18 heavy (non-hydrogen) atoms. The predicted octanol–water partition coefficient (Wildman–Crippen LogP) is 2.20. The molecule has 1 aliphatic heterocycles. The number of rotatable bonds is 5. The maximum absolute atomic E-state index is 11.2. The average Bonchev–Trinajstić information content (AvgIpc) is 2.35. The molecule has 1 aromatic rings. The normalized spacial score (nSPS) is 13.5. The summed E-state index contributed by atoms with van der Waals surface area (Å²) in [5.74, 6) is 0.496. The number of hydrogen-bond donors (Lipinski definition) is 3. The molecule has 5 heteroatoms. The first kappa shape index (κ1) is 12.5. The van der Waals surface area contributed by atoms with Gasteiger partial charge in [-0.15, -0.1) is 0 Å². The minimum absolute atomic E-state index is 0.0513. The Kier molecular flexibility index (Phi) is 3.92. The van der Waals surface area contributed by atoms with Gasteiger partial charge in [-0.25, -0.2) is 0 Å². The fourth-order valence-corrected chi connectivity index (χ4v) is 1.89. The molecule has 1 aromatic carbocycles. The van der Waals surface area contributed by atoms with Gasteiger partial charge in [-0.3, -0.25) is 4.79 Å². The summed E-state index contributed by atoms with van der Waals surface area (Å²) in [7, 11) is 0. The largest absolute Gasteiger partial charge is 0.482 e. The Morgan fingerprint density at radius 1 is 1.44 bits per heavy atom. The van der Waals surface area contributed by atoms with Crippen molar-refractivity contribution in [1.29, 1.82) is 0 Å². The molecular weight excluding hydrogens is 230 g/mol. The van der Waals surface area contributed by atoms with Crippen LogP contribution in [0.15, 0.2) is 12.1 Å². The van der Waals surface area contributed by atoms with Crippen molar-refractivity contribution in [3.63, 3.8) is 0 Å². The zero-order chi connectivity index (χ0) is 13.0. The van der Waals surface area contributed by atoms with E-state index in [9.17, 15) is 4.79 Å². The minimum Gasteiger partial charge on any atom is -0.482 e. The van der Waals surface area contributed by atoms with Gasteiger partial charge >= 0.3 is 0 Å². The van der Waals surface area contributed by atoms with Gasteiger partial charge in [-0.1, -0.05) is 19.8 Å². The summed E-state index contributed by atoms with van der Waals surface area (Å²) in [6.45, 7) is 3.10. The summed E-state index contributed by atoms with van der Waals surface area (Å²) in [6.07, 6.45) is 3.48. The van der Waals surface area contributed by atoms with Crippen LogP contribution in [0, 0.1) is 0 Å². The second kappa shape index (κ2) is 5.62. The number of carbonyl (C=O) groups is 1. The number of carbonyl (C=O) groups excluding carboxylic acids is 1. The van der Waals surface area contributed by atoms with Gasteiger partial charge in [0.25, 0.3) is 5.91 Å². The van der Waals surface area contributed by atoms with Gasteiger partial charge in [0.15, 0.2) is 6.61 Å². The molecular formula is C13H19N3O2. The van der Waals surface area contributed by atoms with E-state index in [1.54, 1.807) is 6.07 Å². The maximum atomic E-state index is 11.2. The SMILES string of the molecule is CCCCCNc1cc2c(cc1N)OCC(=O)N2. The molecule has 0 unspecified atom stereocenters. The van der Waals surface area contributed by atoms with E-state index in [2.05, 4.69) is 17.6 Å². The number of amides is 1. The van der Waals surface area contributed by atoms with Gasteiger partial charge in [0.2, 0.25) is 0 Å². The number of hydrogen-bond acceptors (Lipinski definition) is 4. The molecule has 0 spiro atoms. The van der Waals surface area contributed by atoms with Crippen LogP contribution in [-0.4, -0.2) is 19.1 Å². The third-order valence-electron chi connectivity index (χ3n) is 2.88. The van der Waals surface area contributed by atoms with Crippen molar-refractivity contribution in [2.75, 3.05) is 29.5 Å². The summed E-state index contributed by atoms with van der Waals surface area (Å²) in [6, 6.07) is 3.57. The van der Waals surface area contributed by atoms with E-state index in [1.807, 2.05) is 6.07 Å². The predicted molar refractivity (Wildman–Crippen MR) is 73.0 cm³/mol. The van der Waals surface area contributed by atoms with Crippen LogP contribution in [-0.2, 0) is 4.79 Å². The summed E-state index contributed by atoms with van der Waals surface area (Å²) in [5.41, 5.74) is 8.10.